The molecule has 0 spiro atoms. The molecule has 0 aromatic heterocycles. The van der Waals surface area contributed by atoms with Gasteiger partial charge in [0.25, 0.3) is 5.92 Å². The van der Waals surface area contributed by atoms with Crippen LogP contribution in [0.5, 0.6) is 0 Å². The lowest BCUT2D eigenvalue weighted by atomic mass is 10.1. The van der Waals surface area contributed by atoms with Gasteiger partial charge in [-0.15, -0.1) is 0 Å². The van der Waals surface area contributed by atoms with Gasteiger partial charge in [0.2, 0.25) is 10.0 Å². The van der Waals surface area contributed by atoms with Crippen molar-refractivity contribution in [2.75, 3.05) is 13.1 Å². The van der Waals surface area contributed by atoms with E-state index in [1.54, 1.807) is 18.2 Å². The average molecular weight is 290 g/mol. The number of nitrogens with zero attached hydrogens (tertiary/aromatic N) is 1. The van der Waals surface area contributed by atoms with Crippen LogP contribution in [0.4, 0.5) is 8.78 Å². The van der Waals surface area contributed by atoms with Crippen molar-refractivity contribution in [3.63, 3.8) is 0 Å². The van der Waals surface area contributed by atoms with Gasteiger partial charge in [0, 0.05) is 32.5 Å². The molecule has 1 heterocycles. The van der Waals surface area contributed by atoms with Gasteiger partial charge in [-0.05, 0) is 11.6 Å². The highest BCUT2D eigenvalue weighted by Crippen LogP contribution is 2.31. The maximum absolute atomic E-state index is 13.1. The summed E-state index contributed by atoms with van der Waals surface area (Å²) in [5.41, 5.74) is 6.02. The topological polar surface area (TPSA) is 63.4 Å². The zero-order valence-corrected chi connectivity index (χ0v) is 11.2. The average Bonchev–Trinajstić information content (AvgIpc) is 2.38. The van der Waals surface area contributed by atoms with Crippen LogP contribution in [0.15, 0.2) is 29.2 Å². The lowest BCUT2D eigenvalue weighted by Crippen LogP contribution is -2.42. The van der Waals surface area contributed by atoms with E-state index in [2.05, 4.69) is 0 Å². The SMILES string of the molecule is NCc1ccccc1S(=O)(=O)N1CCC(F)(F)CC1. The van der Waals surface area contributed by atoms with E-state index in [4.69, 9.17) is 5.73 Å². The van der Waals surface area contributed by atoms with Gasteiger partial charge in [0.1, 0.15) is 0 Å². The first-order valence-corrected chi connectivity index (χ1v) is 7.47. The highest BCUT2D eigenvalue weighted by molar-refractivity contribution is 7.89. The second-order valence-electron chi connectivity index (χ2n) is 4.57. The first kappa shape index (κ1) is 14.4. The van der Waals surface area contributed by atoms with Crippen LogP contribution >= 0.6 is 0 Å². The van der Waals surface area contributed by atoms with Crippen LogP contribution in [0.3, 0.4) is 0 Å². The molecule has 0 bridgehead atoms. The normalized spacial score (nSPS) is 20.4. The summed E-state index contributed by atoms with van der Waals surface area (Å²) in [6, 6.07) is 6.39. The van der Waals surface area contributed by atoms with E-state index >= 15 is 0 Å². The van der Waals surface area contributed by atoms with E-state index in [9.17, 15) is 17.2 Å². The highest BCUT2D eigenvalue weighted by atomic mass is 32.2. The third-order valence-corrected chi connectivity index (χ3v) is 5.26. The van der Waals surface area contributed by atoms with E-state index in [-0.39, 0.29) is 24.5 Å². The molecule has 2 N–H and O–H groups in total. The molecule has 0 saturated carbocycles. The molecule has 19 heavy (non-hydrogen) atoms. The lowest BCUT2D eigenvalue weighted by Gasteiger charge is -2.31. The van der Waals surface area contributed by atoms with E-state index < -0.39 is 28.8 Å². The van der Waals surface area contributed by atoms with Crippen molar-refractivity contribution >= 4 is 10.0 Å². The maximum Gasteiger partial charge on any atom is 0.250 e. The summed E-state index contributed by atoms with van der Waals surface area (Å²) in [6.45, 7) is -0.220. The number of alkyl halides is 2. The third-order valence-electron chi connectivity index (χ3n) is 3.26. The predicted molar refractivity (Wildman–Crippen MR) is 67.3 cm³/mol. The minimum Gasteiger partial charge on any atom is -0.326 e. The van der Waals surface area contributed by atoms with Crippen molar-refractivity contribution in [1.29, 1.82) is 0 Å². The van der Waals surface area contributed by atoms with Gasteiger partial charge in [-0.2, -0.15) is 4.31 Å². The van der Waals surface area contributed by atoms with E-state index in [0.29, 0.717) is 5.56 Å². The molecule has 1 aromatic carbocycles. The molecule has 0 radical (unpaired) electrons. The van der Waals surface area contributed by atoms with Crippen LogP contribution in [0, 0.1) is 0 Å². The largest absolute Gasteiger partial charge is 0.326 e. The molecule has 1 aromatic rings. The Morgan fingerprint density at radius 1 is 1.21 bits per heavy atom. The van der Waals surface area contributed by atoms with Gasteiger partial charge in [-0.1, -0.05) is 18.2 Å². The van der Waals surface area contributed by atoms with E-state index in [1.807, 2.05) is 0 Å². The first-order chi connectivity index (χ1) is 8.87. The number of nitrogens with two attached hydrogens (primary N) is 1. The van der Waals surface area contributed by atoms with Crippen molar-refractivity contribution in [2.24, 2.45) is 5.73 Å². The minimum atomic E-state index is -3.73. The maximum atomic E-state index is 13.1. The first-order valence-electron chi connectivity index (χ1n) is 6.03. The van der Waals surface area contributed by atoms with Crippen molar-refractivity contribution < 1.29 is 17.2 Å². The molecule has 1 saturated heterocycles. The van der Waals surface area contributed by atoms with Gasteiger partial charge in [0.15, 0.2) is 0 Å². The molecule has 0 atom stereocenters. The molecule has 0 amide bonds. The van der Waals surface area contributed by atoms with Crippen LogP contribution < -0.4 is 5.73 Å². The molecule has 1 aliphatic heterocycles. The van der Waals surface area contributed by atoms with Crippen molar-refractivity contribution in [1.82, 2.24) is 4.31 Å². The van der Waals surface area contributed by atoms with Gasteiger partial charge in [0.05, 0.1) is 4.90 Å². The van der Waals surface area contributed by atoms with Gasteiger partial charge < -0.3 is 5.73 Å². The van der Waals surface area contributed by atoms with Crippen LogP contribution in [0.25, 0.3) is 0 Å². The van der Waals surface area contributed by atoms with Gasteiger partial charge in [-0.25, -0.2) is 17.2 Å². The molecular weight excluding hydrogens is 274 g/mol. The molecule has 7 heteroatoms. The summed E-state index contributed by atoms with van der Waals surface area (Å²) in [5.74, 6) is -2.76. The van der Waals surface area contributed by atoms with Crippen molar-refractivity contribution in [2.45, 2.75) is 30.2 Å². The zero-order chi connectivity index (χ0) is 14.1. The standard InChI is InChI=1S/C12H16F2N2O2S/c13-12(14)5-7-16(8-6-12)19(17,18)11-4-2-1-3-10(11)9-15/h1-4H,5-9,15H2. The Morgan fingerprint density at radius 3 is 2.37 bits per heavy atom. The second kappa shape index (κ2) is 5.15. The molecule has 0 unspecified atom stereocenters. The fraction of sp³-hybridized carbons (Fsp3) is 0.500. The Bertz CT molecular complexity index is 551. The fourth-order valence-corrected chi connectivity index (χ4v) is 3.79. The zero-order valence-electron chi connectivity index (χ0n) is 10.4. The quantitative estimate of drug-likeness (QED) is 0.919. The Balaban J connectivity index is 2.28. The minimum absolute atomic E-state index is 0.0966. The smallest absolute Gasteiger partial charge is 0.250 e. The number of sulfonamides is 1. The van der Waals surface area contributed by atoms with Gasteiger partial charge >= 0.3 is 0 Å². The van der Waals surface area contributed by atoms with Crippen LogP contribution in [-0.2, 0) is 16.6 Å². The summed E-state index contributed by atoms with van der Waals surface area (Å²) in [5, 5.41) is 0. The highest BCUT2D eigenvalue weighted by Gasteiger charge is 2.38. The Morgan fingerprint density at radius 2 is 1.79 bits per heavy atom. The molecule has 2 rings (SSSR count). The molecular formula is C12H16F2N2O2S. The predicted octanol–water partition coefficient (Wildman–Crippen LogP) is 1.57. The number of piperidine rings is 1. The summed E-state index contributed by atoms with van der Waals surface area (Å²) in [7, 11) is -3.73. The Kier molecular flexibility index (Phi) is 3.89. The van der Waals surface area contributed by atoms with Crippen molar-refractivity contribution in [3.05, 3.63) is 29.8 Å². The van der Waals surface area contributed by atoms with Crippen LogP contribution in [0.2, 0.25) is 0 Å². The Hall–Kier alpha value is -1.05. The molecule has 4 nitrogen and oxygen atoms in total. The molecule has 1 aliphatic rings. The molecule has 106 valence electrons. The van der Waals surface area contributed by atoms with E-state index in [1.165, 1.54) is 6.07 Å². The summed E-state index contributed by atoms with van der Waals surface area (Å²) in [6.07, 6.45) is -0.867. The number of benzene rings is 1. The monoisotopic (exact) mass is 290 g/mol. The lowest BCUT2D eigenvalue weighted by molar-refractivity contribution is -0.0412. The number of rotatable bonds is 3. The second-order valence-corrected chi connectivity index (χ2v) is 6.48. The number of halogens is 2. The molecule has 0 aliphatic carbocycles. The summed E-state index contributed by atoms with van der Waals surface area (Å²) < 4.78 is 52.1. The van der Waals surface area contributed by atoms with Crippen LogP contribution in [0.1, 0.15) is 18.4 Å². The number of hydrogen-bond acceptors (Lipinski definition) is 3. The van der Waals surface area contributed by atoms with Gasteiger partial charge in [-0.3, -0.25) is 0 Å². The Labute approximate surface area is 111 Å². The van der Waals surface area contributed by atoms with E-state index in [0.717, 1.165) is 4.31 Å². The fourth-order valence-electron chi connectivity index (χ4n) is 2.12. The number of hydrogen-bond donors (Lipinski definition) is 1. The molecule has 1 fully saturated rings. The van der Waals surface area contributed by atoms with Crippen molar-refractivity contribution in [3.8, 4) is 0 Å². The summed E-state index contributed by atoms with van der Waals surface area (Å²) >= 11 is 0. The van der Waals surface area contributed by atoms with Crippen LogP contribution in [-0.4, -0.2) is 31.7 Å². The third kappa shape index (κ3) is 2.93. The summed E-state index contributed by atoms with van der Waals surface area (Å²) in [4.78, 5) is 0.114.